The van der Waals surface area contributed by atoms with Gasteiger partial charge in [-0.3, -0.25) is 0 Å². The van der Waals surface area contributed by atoms with Crippen molar-refractivity contribution in [2.24, 2.45) is 5.92 Å². The molecule has 5 nitrogen and oxygen atoms in total. The van der Waals surface area contributed by atoms with E-state index in [0.29, 0.717) is 24.7 Å². The first-order valence-corrected chi connectivity index (χ1v) is 7.52. The number of fused-ring (bicyclic) bond motifs is 1. The van der Waals surface area contributed by atoms with Gasteiger partial charge in [0.1, 0.15) is 4.90 Å². The maximum atomic E-state index is 12.1. The molecule has 1 aromatic rings. The zero-order valence-corrected chi connectivity index (χ0v) is 11.5. The minimum atomic E-state index is -3.44. The lowest BCUT2D eigenvalue weighted by molar-refractivity contribution is 0.583. The molecule has 6 heteroatoms. The molecule has 1 aliphatic rings. The summed E-state index contributed by atoms with van der Waals surface area (Å²) in [7, 11) is -3.44. The second-order valence-electron chi connectivity index (χ2n) is 4.96. The summed E-state index contributed by atoms with van der Waals surface area (Å²) in [5, 5.41) is 0. The summed E-state index contributed by atoms with van der Waals surface area (Å²) in [6.07, 6.45) is 0. The average molecular weight is 269 g/mol. The Labute approximate surface area is 108 Å². The Hall–Kier alpha value is -1.27. The Kier molecular flexibility index (Phi) is 3.49. The molecule has 0 unspecified atom stereocenters. The van der Waals surface area contributed by atoms with Gasteiger partial charge in [-0.05, 0) is 24.1 Å². The maximum Gasteiger partial charge on any atom is 0.242 e. The predicted molar refractivity (Wildman–Crippen MR) is 73.1 cm³/mol. The van der Waals surface area contributed by atoms with Gasteiger partial charge in [0.05, 0.1) is 5.69 Å². The molecule has 0 saturated heterocycles. The van der Waals surface area contributed by atoms with Crippen LogP contribution in [0.15, 0.2) is 23.1 Å². The fraction of sp³-hybridized carbons (Fsp3) is 0.500. The van der Waals surface area contributed by atoms with E-state index in [0.717, 1.165) is 12.2 Å². The van der Waals surface area contributed by atoms with Gasteiger partial charge >= 0.3 is 0 Å². The summed E-state index contributed by atoms with van der Waals surface area (Å²) in [5.74, 6) is 0.469. The van der Waals surface area contributed by atoms with E-state index in [1.54, 1.807) is 12.1 Å². The highest BCUT2D eigenvalue weighted by Gasteiger charge is 2.25. The Morgan fingerprint density at radius 2 is 2.17 bits per heavy atom. The van der Waals surface area contributed by atoms with Crippen molar-refractivity contribution in [2.45, 2.75) is 18.7 Å². The Bertz CT molecular complexity index is 540. The summed E-state index contributed by atoms with van der Waals surface area (Å²) in [6, 6.07) is 5.06. The number of nitrogens with one attached hydrogen (secondary N) is 1. The molecular formula is C12H19N3O2S. The van der Waals surface area contributed by atoms with Crippen LogP contribution in [0, 0.1) is 5.92 Å². The van der Waals surface area contributed by atoms with E-state index in [9.17, 15) is 8.42 Å². The highest BCUT2D eigenvalue weighted by Crippen LogP contribution is 2.29. The fourth-order valence-corrected chi connectivity index (χ4v) is 3.43. The highest BCUT2D eigenvalue weighted by atomic mass is 32.2. The lowest BCUT2D eigenvalue weighted by Gasteiger charge is -2.25. The molecule has 18 heavy (non-hydrogen) atoms. The molecule has 0 saturated carbocycles. The van der Waals surface area contributed by atoms with Gasteiger partial charge in [0.25, 0.3) is 0 Å². The van der Waals surface area contributed by atoms with Crippen LogP contribution >= 0.6 is 0 Å². The smallest absolute Gasteiger partial charge is 0.242 e. The quantitative estimate of drug-likeness (QED) is 0.786. The molecule has 1 heterocycles. The minimum Gasteiger partial charge on any atom is -0.399 e. The van der Waals surface area contributed by atoms with E-state index in [2.05, 4.69) is 23.5 Å². The Balaban J connectivity index is 2.52. The number of nitrogen functional groups attached to an aromatic ring is 1. The maximum absolute atomic E-state index is 12.1. The molecular weight excluding hydrogens is 250 g/mol. The standard InChI is InChI=1S/C12H19N3O2S/c1-9(2)8-15-6-5-14-18(16,17)12-7-10(13)3-4-11(12)15/h3-4,7,9,14H,5-6,8,13H2,1-2H3. The lowest BCUT2D eigenvalue weighted by Crippen LogP contribution is -2.32. The second-order valence-corrected chi connectivity index (χ2v) is 6.70. The van der Waals surface area contributed by atoms with Gasteiger partial charge in [-0.1, -0.05) is 13.8 Å². The molecule has 1 aromatic carbocycles. The van der Waals surface area contributed by atoms with Crippen molar-refractivity contribution in [1.82, 2.24) is 4.72 Å². The molecule has 3 N–H and O–H groups in total. The van der Waals surface area contributed by atoms with Gasteiger partial charge in [-0.25, -0.2) is 13.1 Å². The number of anilines is 2. The highest BCUT2D eigenvalue weighted by molar-refractivity contribution is 7.89. The van der Waals surface area contributed by atoms with Crippen molar-refractivity contribution in [1.29, 1.82) is 0 Å². The lowest BCUT2D eigenvalue weighted by atomic mass is 10.2. The van der Waals surface area contributed by atoms with E-state index >= 15 is 0 Å². The van der Waals surface area contributed by atoms with Crippen LogP contribution in [0.1, 0.15) is 13.8 Å². The Morgan fingerprint density at radius 1 is 1.44 bits per heavy atom. The normalized spacial score (nSPS) is 18.5. The van der Waals surface area contributed by atoms with Crippen LogP contribution in [-0.4, -0.2) is 28.1 Å². The number of benzene rings is 1. The van der Waals surface area contributed by atoms with Crippen LogP contribution in [0.25, 0.3) is 0 Å². The first-order chi connectivity index (χ1) is 8.40. The number of nitrogens with zero attached hydrogens (tertiary/aromatic N) is 1. The summed E-state index contributed by atoms with van der Waals surface area (Å²) in [6.45, 7) is 6.15. The first-order valence-electron chi connectivity index (χ1n) is 6.04. The molecule has 0 bridgehead atoms. The third kappa shape index (κ3) is 2.59. The largest absolute Gasteiger partial charge is 0.399 e. The number of rotatable bonds is 2. The summed E-state index contributed by atoms with van der Waals surface area (Å²) in [4.78, 5) is 2.37. The zero-order valence-electron chi connectivity index (χ0n) is 10.7. The van der Waals surface area contributed by atoms with Crippen molar-refractivity contribution >= 4 is 21.4 Å². The number of hydrogen-bond acceptors (Lipinski definition) is 4. The summed E-state index contributed by atoms with van der Waals surface area (Å²) >= 11 is 0. The van der Waals surface area contributed by atoms with Gasteiger partial charge in [0.2, 0.25) is 10.0 Å². The van der Waals surface area contributed by atoms with Gasteiger partial charge in [-0.2, -0.15) is 0 Å². The van der Waals surface area contributed by atoms with Crippen molar-refractivity contribution in [3.63, 3.8) is 0 Å². The van der Waals surface area contributed by atoms with Crippen LogP contribution < -0.4 is 15.4 Å². The number of hydrogen-bond donors (Lipinski definition) is 2. The number of nitrogens with two attached hydrogens (primary N) is 1. The molecule has 0 atom stereocenters. The first kappa shape index (κ1) is 13.2. The van der Waals surface area contributed by atoms with Crippen LogP contribution in [0.3, 0.4) is 0 Å². The van der Waals surface area contributed by atoms with Gasteiger partial charge in [0, 0.05) is 25.3 Å². The zero-order chi connectivity index (χ0) is 13.3. The van der Waals surface area contributed by atoms with Crippen molar-refractivity contribution < 1.29 is 8.42 Å². The molecule has 100 valence electrons. The fourth-order valence-electron chi connectivity index (χ4n) is 2.15. The van der Waals surface area contributed by atoms with E-state index in [1.807, 2.05) is 0 Å². The number of sulfonamides is 1. The molecule has 0 fully saturated rings. The molecule has 0 aliphatic carbocycles. The second kappa shape index (κ2) is 4.78. The summed E-state index contributed by atoms with van der Waals surface area (Å²) < 4.78 is 26.7. The van der Waals surface area contributed by atoms with Crippen LogP contribution in [0.2, 0.25) is 0 Å². The van der Waals surface area contributed by atoms with E-state index in [1.165, 1.54) is 6.07 Å². The van der Waals surface area contributed by atoms with E-state index in [-0.39, 0.29) is 4.90 Å². The van der Waals surface area contributed by atoms with Crippen molar-refractivity contribution in [2.75, 3.05) is 30.3 Å². The SMILES string of the molecule is CC(C)CN1CCNS(=O)(=O)c2cc(N)ccc21. The van der Waals surface area contributed by atoms with Crippen molar-refractivity contribution in [3.8, 4) is 0 Å². The topological polar surface area (TPSA) is 75.4 Å². The van der Waals surface area contributed by atoms with Crippen molar-refractivity contribution in [3.05, 3.63) is 18.2 Å². The molecule has 0 aromatic heterocycles. The molecule has 0 spiro atoms. The monoisotopic (exact) mass is 269 g/mol. The van der Waals surface area contributed by atoms with E-state index in [4.69, 9.17) is 5.73 Å². The minimum absolute atomic E-state index is 0.278. The van der Waals surface area contributed by atoms with Gasteiger partial charge in [0.15, 0.2) is 0 Å². The third-order valence-corrected chi connectivity index (χ3v) is 4.36. The third-order valence-electron chi connectivity index (χ3n) is 2.87. The van der Waals surface area contributed by atoms with Crippen LogP contribution in [0.5, 0.6) is 0 Å². The molecule has 2 rings (SSSR count). The molecule has 0 radical (unpaired) electrons. The van der Waals surface area contributed by atoms with Gasteiger partial charge in [-0.15, -0.1) is 0 Å². The van der Waals surface area contributed by atoms with Crippen LogP contribution in [0.4, 0.5) is 11.4 Å². The predicted octanol–water partition coefficient (Wildman–Crippen LogP) is 1.02. The average Bonchev–Trinajstić information content (AvgIpc) is 2.37. The van der Waals surface area contributed by atoms with Crippen LogP contribution in [-0.2, 0) is 10.0 Å². The van der Waals surface area contributed by atoms with E-state index < -0.39 is 10.0 Å². The molecule has 0 amide bonds. The summed E-state index contributed by atoms with van der Waals surface area (Å²) in [5.41, 5.74) is 6.89. The Morgan fingerprint density at radius 3 is 2.83 bits per heavy atom. The van der Waals surface area contributed by atoms with Gasteiger partial charge < -0.3 is 10.6 Å². The molecule has 1 aliphatic heterocycles.